The van der Waals surface area contributed by atoms with Crippen molar-refractivity contribution in [2.75, 3.05) is 11.9 Å². The molecule has 1 heterocycles. The molecule has 0 saturated heterocycles. The monoisotopic (exact) mass is 469 g/mol. The van der Waals surface area contributed by atoms with Gasteiger partial charge in [0, 0.05) is 23.8 Å². The summed E-state index contributed by atoms with van der Waals surface area (Å²) in [5, 5.41) is 20.0. The maximum Gasteiger partial charge on any atom is 0.328 e. The molecule has 3 aromatic rings. The van der Waals surface area contributed by atoms with Gasteiger partial charge in [-0.05, 0) is 44.2 Å². The van der Waals surface area contributed by atoms with Gasteiger partial charge in [0.15, 0.2) is 6.61 Å². The van der Waals surface area contributed by atoms with Gasteiger partial charge in [-0.1, -0.05) is 6.07 Å². The Balaban J connectivity index is 1.55. The molecule has 3 rings (SSSR count). The smallest absolute Gasteiger partial charge is 0.328 e. The van der Waals surface area contributed by atoms with Gasteiger partial charge in [0.1, 0.15) is 17.7 Å². The minimum Gasteiger partial charge on any atom is -0.454 e. The minimum absolute atomic E-state index is 0.00369. The standard InChI is InChI=1S/C22H20FN5O6/c1-13-10-19(27(26-13)17-8-6-16(23)7-9-17)25-20(29)12-34-22(31)14(2)24-21(30)15-4-3-5-18(11-15)28(32)33/h3-11,14H,12H2,1-2H3,(H,24,30)(H,25,29)/t14-/m0/s1. The SMILES string of the molecule is Cc1cc(NC(=O)COC(=O)[C@H](C)NC(=O)c2cccc([N+](=O)[O-])c2)n(-c2ccc(F)cc2)n1. The first kappa shape index (κ1) is 24.0. The van der Waals surface area contributed by atoms with Gasteiger partial charge < -0.3 is 15.4 Å². The Hall–Kier alpha value is -4.61. The fraction of sp³-hybridized carbons (Fsp3) is 0.182. The number of aromatic nitrogens is 2. The molecule has 12 heteroatoms. The number of benzene rings is 2. The summed E-state index contributed by atoms with van der Waals surface area (Å²) in [4.78, 5) is 46.9. The van der Waals surface area contributed by atoms with Crippen molar-refractivity contribution in [3.63, 3.8) is 0 Å². The quantitative estimate of drug-likeness (QED) is 0.293. The highest BCUT2D eigenvalue weighted by molar-refractivity contribution is 5.97. The average Bonchev–Trinajstić information content (AvgIpc) is 3.17. The lowest BCUT2D eigenvalue weighted by Gasteiger charge is -2.14. The first-order valence-corrected chi connectivity index (χ1v) is 9.98. The predicted molar refractivity (Wildman–Crippen MR) is 118 cm³/mol. The number of amides is 2. The van der Waals surface area contributed by atoms with Crippen LogP contribution in [0.5, 0.6) is 0 Å². The van der Waals surface area contributed by atoms with E-state index in [0.29, 0.717) is 11.4 Å². The number of halogens is 1. The van der Waals surface area contributed by atoms with E-state index in [-0.39, 0.29) is 17.1 Å². The van der Waals surface area contributed by atoms with Crippen molar-refractivity contribution in [1.29, 1.82) is 0 Å². The van der Waals surface area contributed by atoms with Crippen LogP contribution in [0.3, 0.4) is 0 Å². The number of aryl methyl sites for hydroxylation is 1. The van der Waals surface area contributed by atoms with Crippen molar-refractivity contribution in [2.45, 2.75) is 19.9 Å². The highest BCUT2D eigenvalue weighted by atomic mass is 19.1. The Labute approximate surface area is 192 Å². The van der Waals surface area contributed by atoms with Crippen molar-refractivity contribution < 1.29 is 28.4 Å². The molecule has 0 aliphatic carbocycles. The summed E-state index contributed by atoms with van der Waals surface area (Å²) in [5.74, 6) is -2.38. The van der Waals surface area contributed by atoms with Crippen LogP contribution in [0.4, 0.5) is 15.9 Å². The number of nitrogens with one attached hydrogen (secondary N) is 2. The molecule has 2 amide bonds. The Kier molecular flexibility index (Phi) is 7.31. The molecule has 2 N–H and O–H groups in total. The largest absolute Gasteiger partial charge is 0.454 e. The maximum absolute atomic E-state index is 13.2. The van der Waals surface area contributed by atoms with E-state index in [1.54, 1.807) is 13.0 Å². The molecule has 2 aromatic carbocycles. The van der Waals surface area contributed by atoms with E-state index in [1.165, 1.54) is 54.1 Å². The summed E-state index contributed by atoms with van der Waals surface area (Å²) < 4.78 is 19.5. The zero-order valence-corrected chi connectivity index (χ0v) is 18.1. The fourth-order valence-electron chi connectivity index (χ4n) is 2.91. The van der Waals surface area contributed by atoms with E-state index in [2.05, 4.69) is 15.7 Å². The number of nitrogens with zero attached hydrogens (tertiary/aromatic N) is 3. The number of ether oxygens (including phenoxy) is 1. The van der Waals surface area contributed by atoms with Crippen LogP contribution in [-0.2, 0) is 14.3 Å². The van der Waals surface area contributed by atoms with Crippen molar-refractivity contribution in [2.24, 2.45) is 0 Å². The number of anilines is 1. The van der Waals surface area contributed by atoms with Gasteiger partial charge in [-0.25, -0.2) is 13.9 Å². The van der Waals surface area contributed by atoms with Crippen LogP contribution in [0.15, 0.2) is 54.6 Å². The number of esters is 1. The Bertz CT molecular complexity index is 1240. The lowest BCUT2D eigenvalue weighted by Crippen LogP contribution is -2.40. The van der Waals surface area contributed by atoms with E-state index in [4.69, 9.17) is 4.74 Å². The zero-order valence-electron chi connectivity index (χ0n) is 18.1. The summed E-state index contributed by atoms with van der Waals surface area (Å²) >= 11 is 0. The molecule has 0 bridgehead atoms. The number of carbonyl (C=O) groups excluding carboxylic acids is 3. The van der Waals surface area contributed by atoms with Crippen LogP contribution in [0.25, 0.3) is 5.69 Å². The number of hydrogen-bond donors (Lipinski definition) is 2. The molecule has 1 aromatic heterocycles. The average molecular weight is 469 g/mol. The zero-order chi connectivity index (χ0) is 24.8. The highest BCUT2D eigenvalue weighted by Crippen LogP contribution is 2.17. The van der Waals surface area contributed by atoms with Crippen LogP contribution in [0.1, 0.15) is 23.0 Å². The molecule has 0 aliphatic rings. The fourth-order valence-corrected chi connectivity index (χ4v) is 2.91. The van der Waals surface area contributed by atoms with Gasteiger partial charge in [0.05, 0.1) is 16.3 Å². The number of nitro groups is 1. The van der Waals surface area contributed by atoms with Crippen molar-refractivity contribution >= 4 is 29.3 Å². The van der Waals surface area contributed by atoms with E-state index in [9.17, 15) is 28.9 Å². The van der Waals surface area contributed by atoms with Gasteiger partial charge in [-0.3, -0.25) is 19.7 Å². The molecule has 0 fully saturated rings. The minimum atomic E-state index is -1.12. The van der Waals surface area contributed by atoms with E-state index in [0.717, 1.165) is 6.07 Å². The van der Waals surface area contributed by atoms with Crippen LogP contribution >= 0.6 is 0 Å². The lowest BCUT2D eigenvalue weighted by atomic mass is 10.2. The van der Waals surface area contributed by atoms with Crippen LogP contribution < -0.4 is 10.6 Å². The molecule has 0 spiro atoms. The van der Waals surface area contributed by atoms with Gasteiger partial charge >= 0.3 is 5.97 Å². The van der Waals surface area contributed by atoms with Crippen molar-refractivity contribution in [3.05, 3.63) is 81.8 Å². The molecule has 0 saturated carbocycles. The third-order valence-electron chi connectivity index (χ3n) is 4.54. The second-order valence-electron chi connectivity index (χ2n) is 7.22. The Morgan fingerprint density at radius 1 is 1.18 bits per heavy atom. The van der Waals surface area contributed by atoms with Gasteiger partial charge in [0.2, 0.25) is 0 Å². The number of hydrogen-bond acceptors (Lipinski definition) is 7. The van der Waals surface area contributed by atoms with E-state index < -0.39 is 41.2 Å². The van der Waals surface area contributed by atoms with E-state index >= 15 is 0 Å². The van der Waals surface area contributed by atoms with Crippen LogP contribution in [-0.4, -0.2) is 45.1 Å². The van der Waals surface area contributed by atoms with Crippen LogP contribution in [0.2, 0.25) is 0 Å². The second kappa shape index (κ2) is 10.3. The molecule has 1 atom stereocenters. The summed E-state index contributed by atoms with van der Waals surface area (Å²) in [6.07, 6.45) is 0. The third-order valence-corrected chi connectivity index (χ3v) is 4.54. The third kappa shape index (κ3) is 6.00. The second-order valence-corrected chi connectivity index (χ2v) is 7.22. The summed E-state index contributed by atoms with van der Waals surface area (Å²) in [6, 6.07) is 11.0. The lowest BCUT2D eigenvalue weighted by molar-refractivity contribution is -0.384. The molecule has 0 unspecified atom stereocenters. The Morgan fingerprint density at radius 3 is 2.56 bits per heavy atom. The predicted octanol–water partition coefficient (Wildman–Crippen LogP) is 2.53. The number of rotatable bonds is 8. The van der Waals surface area contributed by atoms with E-state index in [1.807, 2.05) is 0 Å². The summed E-state index contributed by atoms with van der Waals surface area (Å²) in [5.41, 5.74) is 0.832. The number of nitro benzene ring substituents is 1. The molecule has 0 aliphatic heterocycles. The molecule has 0 radical (unpaired) electrons. The summed E-state index contributed by atoms with van der Waals surface area (Å²) in [6.45, 7) is 2.42. The molecule has 34 heavy (non-hydrogen) atoms. The number of non-ortho nitro benzene ring substituents is 1. The maximum atomic E-state index is 13.2. The molecular weight excluding hydrogens is 449 g/mol. The molecule has 176 valence electrons. The first-order chi connectivity index (χ1) is 16.1. The van der Waals surface area contributed by atoms with Crippen molar-refractivity contribution in [3.8, 4) is 5.69 Å². The normalized spacial score (nSPS) is 11.4. The van der Waals surface area contributed by atoms with Gasteiger partial charge in [0.25, 0.3) is 17.5 Å². The molecule has 11 nitrogen and oxygen atoms in total. The topological polar surface area (TPSA) is 145 Å². The molecular formula is C22H20FN5O6. The van der Waals surface area contributed by atoms with Gasteiger partial charge in [-0.2, -0.15) is 5.10 Å². The van der Waals surface area contributed by atoms with Crippen molar-refractivity contribution in [1.82, 2.24) is 15.1 Å². The van der Waals surface area contributed by atoms with Crippen LogP contribution in [0, 0.1) is 22.9 Å². The summed E-state index contributed by atoms with van der Waals surface area (Å²) in [7, 11) is 0. The Morgan fingerprint density at radius 2 is 1.88 bits per heavy atom. The van der Waals surface area contributed by atoms with Gasteiger partial charge in [-0.15, -0.1) is 0 Å². The number of carbonyl (C=O) groups is 3. The first-order valence-electron chi connectivity index (χ1n) is 9.98. The highest BCUT2D eigenvalue weighted by Gasteiger charge is 2.21.